The normalized spacial score (nSPS) is 20.1. The molecule has 2 aromatic carbocycles. The van der Waals surface area contributed by atoms with Crippen LogP contribution in [0.5, 0.6) is 0 Å². The molecule has 1 spiro atoms. The van der Waals surface area contributed by atoms with Crippen molar-refractivity contribution in [2.45, 2.75) is 71.7 Å². The van der Waals surface area contributed by atoms with Crippen LogP contribution in [-0.4, -0.2) is 59.0 Å². The van der Waals surface area contributed by atoms with E-state index in [0.717, 1.165) is 11.1 Å². The van der Waals surface area contributed by atoms with Gasteiger partial charge in [0.05, 0.1) is 12.6 Å². The Morgan fingerprint density at radius 1 is 1.03 bits per heavy atom. The number of hydrogen-bond donors (Lipinski definition) is 1. The number of rotatable bonds is 5. The fourth-order valence-electron chi connectivity index (χ4n) is 5.32. The number of amides is 3. The van der Waals surface area contributed by atoms with Crippen molar-refractivity contribution in [1.82, 2.24) is 15.1 Å². The Kier molecular flexibility index (Phi) is 7.74. The van der Waals surface area contributed by atoms with E-state index in [-0.39, 0.29) is 35.8 Å². The van der Waals surface area contributed by atoms with E-state index >= 15 is 0 Å². The average molecular weight is 506 g/mol. The van der Waals surface area contributed by atoms with Crippen molar-refractivity contribution in [1.29, 1.82) is 0 Å². The monoisotopic (exact) mass is 505 g/mol. The van der Waals surface area contributed by atoms with Gasteiger partial charge in [-0.3, -0.25) is 19.3 Å². The summed E-state index contributed by atoms with van der Waals surface area (Å²) in [6, 6.07) is 16.2. The molecule has 2 fully saturated rings. The average Bonchev–Trinajstić information content (AvgIpc) is 3.22. The number of carbonyl (C=O) groups excluding carboxylic acids is 3. The highest BCUT2D eigenvalue weighted by Crippen LogP contribution is 2.39. The van der Waals surface area contributed by atoms with Gasteiger partial charge in [0.1, 0.15) is 11.8 Å². The number of nitrogens with zero attached hydrogens (tertiary/aromatic N) is 2. The third-order valence-corrected chi connectivity index (χ3v) is 7.39. The van der Waals surface area contributed by atoms with Crippen LogP contribution in [0.4, 0.5) is 0 Å². The van der Waals surface area contributed by atoms with E-state index in [4.69, 9.17) is 4.74 Å². The molecular weight excluding hydrogens is 466 g/mol. The fraction of sp³-hybridized carbons (Fsp3) is 0.500. The number of nitrogens with one attached hydrogen (secondary N) is 1. The molecule has 0 aromatic heterocycles. The van der Waals surface area contributed by atoms with E-state index in [1.54, 1.807) is 11.0 Å². The first-order valence-electron chi connectivity index (χ1n) is 13.2. The maximum atomic E-state index is 14.0. The van der Waals surface area contributed by atoms with Crippen LogP contribution in [0.25, 0.3) is 0 Å². The van der Waals surface area contributed by atoms with Gasteiger partial charge >= 0.3 is 0 Å². The van der Waals surface area contributed by atoms with Crippen LogP contribution in [0.15, 0.2) is 54.6 Å². The highest BCUT2D eigenvalue weighted by atomic mass is 16.5. The number of likely N-dealkylation sites (tertiary alicyclic amines) is 1. The molecule has 0 aliphatic carbocycles. The van der Waals surface area contributed by atoms with Crippen LogP contribution >= 0.6 is 0 Å². The zero-order valence-electron chi connectivity index (χ0n) is 22.6. The molecule has 2 aliphatic heterocycles. The lowest BCUT2D eigenvalue weighted by Gasteiger charge is -2.45. The van der Waals surface area contributed by atoms with Gasteiger partial charge in [-0.1, -0.05) is 69.3 Å². The number of piperidine rings is 1. The molecule has 2 heterocycles. The Morgan fingerprint density at radius 2 is 1.65 bits per heavy atom. The van der Waals surface area contributed by atoms with Crippen LogP contribution in [0.1, 0.15) is 74.5 Å². The van der Waals surface area contributed by atoms with Crippen molar-refractivity contribution in [3.05, 3.63) is 71.3 Å². The molecule has 1 N–H and O–H groups in total. The molecule has 3 amide bonds. The third-order valence-electron chi connectivity index (χ3n) is 7.39. The van der Waals surface area contributed by atoms with Gasteiger partial charge in [0.2, 0.25) is 11.8 Å². The molecule has 198 valence electrons. The first-order chi connectivity index (χ1) is 17.5. The van der Waals surface area contributed by atoms with Crippen LogP contribution in [0.3, 0.4) is 0 Å². The van der Waals surface area contributed by atoms with Gasteiger partial charge in [0.25, 0.3) is 5.91 Å². The minimum Gasteiger partial charge on any atom is -0.353 e. The van der Waals surface area contributed by atoms with Gasteiger partial charge in [-0.15, -0.1) is 0 Å². The standard InChI is InChI=1S/C30H39N3O4/c1-21-11-9-10-14-24(21)28(36)33-25(27(35)31-22(2)23-12-7-6-8-13-23)20-37-30(33)15-17-32(18-16-30)26(34)19-29(3,4)5/h6-14,22,25H,15-20H2,1-5H3,(H,31,35). The SMILES string of the molecule is Cc1ccccc1C(=O)N1C(C(=O)NC(C)c2ccccc2)COC12CCN(C(=O)CC(C)(C)C)CC2. The lowest BCUT2D eigenvalue weighted by molar-refractivity contribution is -0.145. The molecule has 2 saturated heterocycles. The van der Waals surface area contributed by atoms with Crippen LogP contribution in [0, 0.1) is 12.3 Å². The zero-order valence-corrected chi connectivity index (χ0v) is 22.6. The Balaban J connectivity index is 1.58. The summed E-state index contributed by atoms with van der Waals surface area (Å²) in [4.78, 5) is 44.0. The summed E-state index contributed by atoms with van der Waals surface area (Å²) in [6.07, 6.45) is 1.41. The second-order valence-corrected chi connectivity index (χ2v) is 11.5. The van der Waals surface area contributed by atoms with Gasteiger partial charge in [-0.05, 0) is 36.5 Å². The Morgan fingerprint density at radius 3 is 2.27 bits per heavy atom. The van der Waals surface area contributed by atoms with Crippen LogP contribution < -0.4 is 5.32 Å². The predicted octanol–water partition coefficient (Wildman–Crippen LogP) is 4.47. The second kappa shape index (κ2) is 10.7. The largest absolute Gasteiger partial charge is 0.353 e. The third kappa shape index (κ3) is 5.87. The number of ether oxygens (including phenoxy) is 1. The molecule has 2 aromatic rings. The molecule has 37 heavy (non-hydrogen) atoms. The van der Waals surface area contributed by atoms with Crippen molar-refractivity contribution < 1.29 is 19.1 Å². The summed E-state index contributed by atoms with van der Waals surface area (Å²) in [5.74, 6) is -0.331. The summed E-state index contributed by atoms with van der Waals surface area (Å²) in [7, 11) is 0. The van der Waals surface area contributed by atoms with Gasteiger partial charge in [-0.25, -0.2) is 0 Å². The summed E-state index contributed by atoms with van der Waals surface area (Å²) in [5.41, 5.74) is 1.39. The summed E-state index contributed by atoms with van der Waals surface area (Å²) < 4.78 is 6.33. The summed E-state index contributed by atoms with van der Waals surface area (Å²) in [5, 5.41) is 3.09. The quantitative estimate of drug-likeness (QED) is 0.650. The molecule has 2 unspecified atom stereocenters. The number of benzene rings is 2. The highest BCUT2D eigenvalue weighted by Gasteiger charge is 2.54. The molecule has 7 nitrogen and oxygen atoms in total. The number of hydrogen-bond acceptors (Lipinski definition) is 4. The zero-order chi connectivity index (χ0) is 26.8. The molecule has 0 radical (unpaired) electrons. The smallest absolute Gasteiger partial charge is 0.257 e. The van der Waals surface area contributed by atoms with Crippen LogP contribution in [-0.2, 0) is 14.3 Å². The topological polar surface area (TPSA) is 79.0 Å². The van der Waals surface area contributed by atoms with Gasteiger partial charge in [0.15, 0.2) is 0 Å². The van der Waals surface area contributed by atoms with Gasteiger partial charge in [0, 0.05) is 37.9 Å². The van der Waals surface area contributed by atoms with Gasteiger partial charge in [-0.2, -0.15) is 0 Å². The fourth-order valence-corrected chi connectivity index (χ4v) is 5.32. The highest BCUT2D eigenvalue weighted by molar-refractivity contribution is 5.99. The Labute approximate surface area is 220 Å². The molecule has 7 heteroatoms. The lowest BCUT2D eigenvalue weighted by atomic mass is 9.90. The van der Waals surface area contributed by atoms with Crippen molar-refractivity contribution in [3.8, 4) is 0 Å². The molecule has 0 bridgehead atoms. The van der Waals surface area contributed by atoms with Crippen molar-refractivity contribution in [2.24, 2.45) is 5.41 Å². The number of carbonyl (C=O) groups is 3. The van der Waals surface area contributed by atoms with Crippen molar-refractivity contribution in [2.75, 3.05) is 19.7 Å². The lowest BCUT2D eigenvalue weighted by Crippen LogP contribution is -2.60. The van der Waals surface area contributed by atoms with E-state index in [2.05, 4.69) is 26.1 Å². The maximum Gasteiger partial charge on any atom is 0.257 e. The maximum absolute atomic E-state index is 14.0. The minimum absolute atomic E-state index is 0.0957. The predicted molar refractivity (Wildman–Crippen MR) is 143 cm³/mol. The van der Waals surface area contributed by atoms with Crippen molar-refractivity contribution >= 4 is 17.7 Å². The molecular formula is C30H39N3O4. The van der Waals surface area contributed by atoms with Gasteiger partial charge < -0.3 is 15.0 Å². The van der Waals surface area contributed by atoms with E-state index in [1.165, 1.54) is 0 Å². The van der Waals surface area contributed by atoms with E-state index in [0.29, 0.717) is 37.9 Å². The first-order valence-corrected chi connectivity index (χ1v) is 13.2. The second-order valence-electron chi connectivity index (χ2n) is 11.5. The van der Waals surface area contributed by atoms with E-state index in [9.17, 15) is 14.4 Å². The van der Waals surface area contributed by atoms with E-state index < -0.39 is 11.8 Å². The summed E-state index contributed by atoms with van der Waals surface area (Å²) >= 11 is 0. The Hall–Kier alpha value is -3.19. The first kappa shape index (κ1) is 26.9. The van der Waals surface area contributed by atoms with Crippen LogP contribution in [0.2, 0.25) is 0 Å². The summed E-state index contributed by atoms with van der Waals surface area (Å²) in [6.45, 7) is 11.1. The van der Waals surface area contributed by atoms with E-state index in [1.807, 2.05) is 67.3 Å². The molecule has 2 aliphatic rings. The van der Waals surface area contributed by atoms with Crippen molar-refractivity contribution in [3.63, 3.8) is 0 Å². The molecule has 2 atom stereocenters. The molecule has 0 saturated carbocycles. The minimum atomic E-state index is -0.921. The Bertz CT molecular complexity index is 1130. The molecule has 4 rings (SSSR count). The number of aryl methyl sites for hydroxylation is 1.